The van der Waals surface area contributed by atoms with Gasteiger partial charge in [0, 0.05) is 21.4 Å². The van der Waals surface area contributed by atoms with Crippen molar-refractivity contribution < 1.29 is 13.2 Å². The summed E-state index contributed by atoms with van der Waals surface area (Å²) in [5.41, 5.74) is 7.70. The van der Waals surface area contributed by atoms with Crippen molar-refractivity contribution >= 4 is 43.8 Å². The van der Waals surface area contributed by atoms with Crippen LogP contribution in [0.5, 0.6) is 0 Å². The number of anilines is 1. The smallest absolute Gasteiger partial charge is 0.273 e. The lowest BCUT2D eigenvalue weighted by atomic mass is 10.1. The highest BCUT2D eigenvalue weighted by Crippen LogP contribution is 2.27. The fourth-order valence-corrected chi connectivity index (χ4v) is 5.52. The number of amides is 1. The van der Waals surface area contributed by atoms with Gasteiger partial charge >= 0.3 is 0 Å². The van der Waals surface area contributed by atoms with Crippen LogP contribution in [0.2, 0.25) is 0 Å². The zero-order valence-corrected chi connectivity index (χ0v) is 23.1. The zero-order chi connectivity index (χ0) is 26.6. The molecular weight excluding hydrogens is 552 g/mol. The third-order valence-electron chi connectivity index (χ3n) is 5.92. The van der Waals surface area contributed by atoms with E-state index >= 15 is 0 Å². The number of hydrogen-bond acceptors (Lipinski definition) is 4. The van der Waals surface area contributed by atoms with Gasteiger partial charge in [0.2, 0.25) is 10.0 Å². The van der Waals surface area contributed by atoms with Gasteiger partial charge in [0.15, 0.2) is 0 Å². The minimum absolute atomic E-state index is 0.105. The molecule has 1 heterocycles. The highest BCUT2D eigenvalue weighted by molar-refractivity contribution is 9.10. The third-order valence-corrected chi connectivity index (χ3v) is 7.72. The SMILES string of the molecule is Cc1cc(/C=N\NC(=O)c2ccccc2N(Cc2ccccc2)S(C)(=O)=O)c(C)n1-c1ccccc1Br. The fourth-order valence-electron chi connectivity index (χ4n) is 4.16. The van der Waals surface area contributed by atoms with E-state index < -0.39 is 15.9 Å². The van der Waals surface area contributed by atoms with E-state index in [0.717, 1.165) is 38.9 Å². The quantitative estimate of drug-likeness (QED) is 0.218. The predicted molar refractivity (Wildman–Crippen MR) is 152 cm³/mol. The normalized spacial score (nSPS) is 11.6. The summed E-state index contributed by atoms with van der Waals surface area (Å²) in [6, 6.07) is 25.8. The summed E-state index contributed by atoms with van der Waals surface area (Å²) >= 11 is 3.60. The number of rotatable bonds is 8. The summed E-state index contributed by atoms with van der Waals surface area (Å²) in [6.07, 6.45) is 2.72. The van der Waals surface area contributed by atoms with Crippen LogP contribution < -0.4 is 9.73 Å². The number of sulfonamides is 1. The molecule has 0 saturated carbocycles. The predicted octanol–water partition coefficient (Wildman–Crippen LogP) is 5.59. The van der Waals surface area contributed by atoms with E-state index in [1.54, 1.807) is 30.5 Å². The molecule has 1 aromatic heterocycles. The van der Waals surface area contributed by atoms with Gasteiger partial charge in [-0.15, -0.1) is 0 Å². The second kappa shape index (κ2) is 11.1. The minimum atomic E-state index is -3.66. The Morgan fingerprint density at radius 2 is 1.65 bits per heavy atom. The van der Waals surface area contributed by atoms with Crippen LogP contribution >= 0.6 is 15.9 Å². The number of aromatic nitrogens is 1. The summed E-state index contributed by atoms with van der Waals surface area (Å²) in [5.74, 6) is -0.506. The van der Waals surface area contributed by atoms with Gasteiger partial charge in [-0.1, -0.05) is 54.6 Å². The summed E-state index contributed by atoms with van der Waals surface area (Å²) in [7, 11) is -3.66. The maximum Gasteiger partial charge on any atom is 0.273 e. The van der Waals surface area contributed by atoms with Gasteiger partial charge in [-0.05, 0) is 65.7 Å². The largest absolute Gasteiger partial charge is 0.317 e. The number of carbonyl (C=O) groups is 1. The van der Waals surface area contributed by atoms with E-state index in [-0.39, 0.29) is 17.8 Å². The molecule has 0 unspecified atom stereocenters. The monoisotopic (exact) mass is 578 g/mol. The van der Waals surface area contributed by atoms with E-state index in [4.69, 9.17) is 0 Å². The standard InChI is InChI=1S/C28H27BrN4O3S/c1-20-17-23(21(2)33(20)27-16-10-8-14-25(27)29)18-30-31-28(34)24-13-7-9-15-26(24)32(37(3,35)36)19-22-11-5-4-6-12-22/h4-18H,19H2,1-3H3,(H,31,34)/b30-18-. The molecule has 0 spiro atoms. The zero-order valence-electron chi connectivity index (χ0n) is 20.7. The number of benzene rings is 3. The molecule has 1 N–H and O–H groups in total. The number of carbonyl (C=O) groups excluding carboxylic acids is 1. The Hall–Kier alpha value is -3.69. The Bertz CT molecular complexity index is 1560. The first kappa shape index (κ1) is 26.4. The molecule has 4 aromatic rings. The molecule has 0 bridgehead atoms. The molecule has 0 aliphatic carbocycles. The van der Waals surface area contributed by atoms with Crippen LogP contribution in [-0.4, -0.2) is 31.4 Å². The van der Waals surface area contributed by atoms with Crippen molar-refractivity contribution in [3.63, 3.8) is 0 Å². The molecule has 0 fully saturated rings. The average molecular weight is 580 g/mol. The van der Waals surface area contributed by atoms with Crippen LogP contribution in [0.3, 0.4) is 0 Å². The average Bonchev–Trinajstić information content (AvgIpc) is 3.15. The summed E-state index contributed by atoms with van der Waals surface area (Å²) < 4.78 is 29.7. The summed E-state index contributed by atoms with van der Waals surface area (Å²) in [5, 5.41) is 4.18. The van der Waals surface area contributed by atoms with Crippen LogP contribution in [0.1, 0.15) is 32.9 Å². The maximum atomic E-state index is 13.1. The molecule has 7 nitrogen and oxygen atoms in total. The first-order valence-corrected chi connectivity index (χ1v) is 14.2. The number of nitrogens with zero attached hydrogens (tertiary/aromatic N) is 3. The van der Waals surface area contributed by atoms with E-state index in [2.05, 4.69) is 31.0 Å². The van der Waals surface area contributed by atoms with E-state index in [1.165, 1.54) is 4.31 Å². The molecule has 0 saturated heterocycles. The lowest BCUT2D eigenvalue weighted by Gasteiger charge is -2.24. The van der Waals surface area contributed by atoms with Crippen molar-refractivity contribution in [1.29, 1.82) is 0 Å². The number of hydrazone groups is 1. The first-order valence-electron chi connectivity index (χ1n) is 11.5. The van der Waals surface area contributed by atoms with Crippen LogP contribution in [0, 0.1) is 13.8 Å². The molecule has 9 heteroatoms. The van der Waals surface area contributed by atoms with Crippen LogP contribution in [0.4, 0.5) is 5.69 Å². The van der Waals surface area contributed by atoms with Crippen molar-refractivity contribution in [1.82, 2.24) is 9.99 Å². The molecule has 37 heavy (non-hydrogen) atoms. The van der Waals surface area contributed by atoms with Gasteiger partial charge in [-0.2, -0.15) is 5.10 Å². The van der Waals surface area contributed by atoms with Crippen molar-refractivity contribution in [2.45, 2.75) is 20.4 Å². The van der Waals surface area contributed by atoms with Gasteiger partial charge in [0.25, 0.3) is 5.91 Å². The fraction of sp³-hybridized carbons (Fsp3) is 0.143. The molecule has 0 aliphatic heterocycles. The number of aryl methyl sites for hydroxylation is 1. The van der Waals surface area contributed by atoms with Gasteiger partial charge < -0.3 is 4.57 Å². The van der Waals surface area contributed by atoms with E-state index in [9.17, 15) is 13.2 Å². The van der Waals surface area contributed by atoms with Gasteiger partial charge in [-0.25, -0.2) is 13.8 Å². The summed E-state index contributed by atoms with van der Waals surface area (Å²) in [6.45, 7) is 4.10. The van der Waals surface area contributed by atoms with Gasteiger partial charge in [-0.3, -0.25) is 9.10 Å². The first-order chi connectivity index (χ1) is 17.7. The number of para-hydroxylation sites is 2. The van der Waals surface area contributed by atoms with Crippen molar-refractivity contribution in [2.24, 2.45) is 5.10 Å². The maximum absolute atomic E-state index is 13.1. The molecule has 190 valence electrons. The Morgan fingerprint density at radius 1 is 1.00 bits per heavy atom. The van der Waals surface area contributed by atoms with Crippen LogP contribution in [-0.2, 0) is 16.6 Å². The molecular formula is C28H27BrN4O3S. The highest BCUT2D eigenvalue weighted by atomic mass is 79.9. The van der Waals surface area contributed by atoms with Crippen molar-refractivity contribution in [3.05, 3.63) is 117 Å². The third kappa shape index (κ3) is 6.00. The summed E-state index contributed by atoms with van der Waals surface area (Å²) in [4.78, 5) is 13.1. The van der Waals surface area contributed by atoms with Crippen LogP contribution in [0.15, 0.2) is 94.5 Å². The molecule has 3 aromatic carbocycles. The number of nitrogens with one attached hydrogen (secondary N) is 1. The lowest BCUT2D eigenvalue weighted by molar-refractivity contribution is 0.0955. The Balaban J connectivity index is 1.58. The van der Waals surface area contributed by atoms with Crippen molar-refractivity contribution in [2.75, 3.05) is 10.6 Å². The Labute approximate surface area is 225 Å². The molecule has 0 atom stereocenters. The second-order valence-electron chi connectivity index (χ2n) is 8.58. The molecule has 0 radical (unpaired) electrons. The highest BCUT2D eigenvalue weighted by Gasteiger charge is 2.23. The van der Waals surface area contributed by atoms with Crippen molar-refractivity contribution in [3.8, 4) is 5.69 Å². The lowest BCUT2D eigenvalue weighted by Crippen LogP contribution is -2.32. The number of hydrogen-bond donors (Lipinski definition) is 1. The topological polar surface area (TPSA) is 83.8 Å². The van der Waals surface area contributed by atoms with Crippen LogP contribution in [0.25, 0.3) is 5.69 Å². The molecule has 4 rings (SSSR count). The van der Waals surface area contributed by atoms with E-state index in [1.807, 2.05) is 74.5 Å². The molecule has 0 aliphatic rings. The van der Waals surface area contributed by atoms with Gasteiger partial charge in [0.05, 0.1) is 36.0 Å². The second-order valence-corrected chi connectivity index (χ2v) is 11.3. The Morgan fingerprint density at radius 3 is 2.35 bits per heavy atom. The van der Waals surface area contributed by atoms with Gasteiger partial charge in [0.1, 0.15) is 0 Å². The van der Waals surface area contributed by atoms with E-state index in [0.29, 0.717) is 0 Å². The number of halogens is 1. The minimum Gasteiger partial charge on any atom is -0.317 e. The molecule has 1 amide bonds. The Kier molecular flexibility index (Phi) is 7.94.